The average molecular weight is 299 g/mol. The van der Waals surface area contributed by atoms with Crippen LogP contribution in [0.5, 0.6) is 0 Å². The minimum absolute atomic E-state index is 0.0150. The quantitative estimate of drug-likeness (QED) is 0.669. The highest BCUT2D eigenvalue weighted by Gasteiger charge is 2.28. The van der Waals surface area contributed by atoms with Crippen molar-refractivity contribution < 1.29 is 14.8 Å². The number of aliphatic hydroxyl groups is 1. The van der Waals surface area contributed by atoms with E-state index in [9.17, 15) is 20.0 Å². The lowest BCUT2D eigenvalue weighted by Gasteiger charge is -2.34. The van der Waals surface area contributed by atoms with Crippen LogP contribution < -0.4 is 0 Å². The molecule has 108 valence electrons. The zero-order chi connectivity index (χ0) is 14.9. The van der Waals surface area contributed by atoms with Crippen LogP contribution in [-0.4, -0.2) is 40.0 Å². The molecule has 0 aromatic heterocycles. The maximum Gasteiger partial charge on any atom is 0.287 e. The second-order valence-corrected chi connectivity index (χ2v) is 5.41. The first-order valence-electron chi connectivity index (χ1n) is 6.31. The smallest absolute Gasteiger partial charge is 0.287 e. The summed E-state index contributed by atoms with van der Waals surface area (Å²) in [5, 5.41) is 20.3. The lowest BCUT2D eigenvalue weighted by atomic mass is 9.96. The number of hydrogen-bond donors (Lipinski definition) is 1. The number of likely N-dealkylation sites (tertiary alicyclic amines) is 1. The van der Waals surface area contributed by atoms with E-state index in [4.69, 9.17) is 11.6 Å². The molecule has 0 aliphatic carbocycles. The molecule has 1 aromatic carbocycles. The van der Waals surface area contributed by atoms with Crippen molar-refractivity contribution in [3.05, 3.63) is 38.9 Å². The molecular weight excluding hydrogens is 284 g/mol. The molecule has 1 N–H and O–H groups in total. The van der Waals surface area contributed by atoms with Crippen LogP contribution >= 0.6 is 11.6 Å². The molecule has 2 atom stereocenters. The Morgan fingerprint density at radius 3 is 2.80 bits per heavy atom. The zero-order valence-corrected chi connectivity index (χ0v) is 11.7. The lowest BCUT2D eigenvalue weighted by Crippen LogP contribution is -2.44. The maximum absolute atomic E-state index is 12.3. The van der Waals surface area contributed by atoms with Crippen LogP contribution in [0, 0.1) is 16.0 Å². The predicted octanol–water partition coefficient (Wildman–Crippen LogP) is 2.09. The van der Waals surface area contributed by atoms with Crippen LogP contribution in [0.2, 0.25) is 5.02 Å². The number of aliphatic hydroxyl groups excluding tert-OH is 1. The van der Waals surface area contributed by atoms with Crippen LogP contribution in [0.4, 0.5) is 5.69 Å². The molecule has 0 radical (unpaired) electrons. The number of nitrogens with zero attached hydrogens (tertiary/aromatic N) is 2. The third-order valence-electron chi connectivity index (χ3n) is 3.54. The highest BCUT2D eigenvalue weighted by molar-refractivity contribution is 6.33. The van der Waals surface area contributed by atoms with E-state index in [2.05, 4.69) is 0 Å². The number of benzene rings is 1. The van der Waals surface area contributed by atoms with Gasteiger partial charge in [0, 0.05) is 24.7 Å². The summed E-state index contributed by atoms with van der Waals surface area (Å²) in [6, 6.07) is 3.96. The van der Waals surface area contributed by atoms with E-state index < -0.39 is 4.92 Å². The van der Waals surface area contributed by atoms with Crippen molar-refractivity contribution in [2.45, 2.75) is 19.4 Å². The number of amides is 1. The van der Waals surface area contributed by atoms with Crippen LogP contribution in [-0.2, 0) is 0 Å². The molecule has 2 rings (SSSR count). The second-order valence-electron chi connectivity index (χ2n) is 5.01. The monoisotopic (exact) mass is 298 g/mol. The van der Waals surface area contributed by atoms with Gasteiger partial charge in [-0.25, -0.2) is 0 Å². The van der Waals surface area contributed by atoms with Crippen molar-refractivity contribution in [1.82, 2.24) is 4.90 Å². The Kier molecular flexibility index (Phi) is 4.25. The number of piperidine rings is 1. The third-order valence-corrected chi connectivity index (χ3v) is 3.84. The summed E-state index contributed by atoms with van der Waals surface area (Å²) < 4.78 is 0. The number of nitro benzene ring substituents is 1. The van der Waals surface area contributed by atoms with E-state index >= 15 is 0 Å². The Balaban J connectivity index is 2.17. The molecule has 1 heterocycles. The third kappa shape index (κ3) is 2.91. The summed E-state index contributed by atoms with van der Waals surface area (Å²) in [6.07, 6.45) is 0.146. The number of nitro groups is 1. The van der Waals surface area contributed by atoms with E-state index in [1.165, 1.54) is 18.2 Å². The molecule has 1 aliphatic heterocycles. The first kappa shape index (κ1) is 14.7. The van der Waals surface area contributed by atoms with Crippen LogP contribution in [0.25, 0.3) is 0 Å². The number of rotatable bonds is 2. The van der Waals surface area contributed by atoms with Crippen molar-refractivity contribution in [1.29, 1.82) is 0 Å². The maximum atomic E-state index is 12.3. The first-order chi connectivity index (χ1) is 9.40. The minimum atomic E-state index is -0.587. The van der Waals surface area contributed by atoms with Crippen LogP contribution in [0.1, 0.15) is 23.7 Å². The van der Waals surface area contributed by atoms with Crippen molar-refractivity contribution in [3.63, 3.8) is 0 Å². The second kappa shape index (κ2) is 5.76. The van der Waals surface area contributed by atoms with E-state index in [0.29, 0.717) is 25.1 Å². The average Bonchev–Trinajstić information content (AvgIpc) is 2.40. The summed E-state index contributed by atoms with van der Waals surface area (Å²) in [6.45, 7) is 2.82. The number of hydrogen-bond acceptors (Lipinski definition) is 4. The van der Waals surface area contributed by atoms with E-state index in [0.717, 1.165) is 0 Å². The van der Waals surface area contributed by atoms with Gasteiger partial charge in [-0.3, -0.25) is 14.9 Å². The molecule has 7 heteroatoms. The molecule has 1 fully saturated rings. The molecule has 1 aliphatic rings. The van der Waals surface area contributed by atoms with Gasteiger partial charge >= 0.3 is 0 Å². The molecule has 1 saturated heterocycles. The minimum Gasteiger partial charge on any atom is -0.393 e. The van der Waals surface area contributed by atoms with Gasteiger partial charge in [-0.05, 0) is 24.5 Å². The molecule has 0 saturated carbocycles. The standard InChI is InChI=1S/C13H15ClN2O4/c1-8-7-15(5-4-12(8)17)13(18)9-2-3-11(16(19)20)10(14)6-9/h2-3,6,8,12,17H,4-5,7H2,1H3. The summed E-state index contributed by atoms with van der Waals surface area (Å²) in [7, 11) is 0. The lowest BCUT2D eigenvalue weighted by molar-refractivity contribution is -0.384. The van der Waals surface area contributed by atoms with Gasteiger partial charge in [-0.1, -0.05) is 18.5 Å². The normalized spacial score (nSPS) is 22.6. The number of carbonyl (C=O) groups is 1. The fourth-order valence-electron chi connectivity index (χ4n) is 2.29. The van der Waals surface area contributed by atoms with Gasteiger partial charge in [0.1, 0.15) is 5.02 Å². The topological polar surface area (TPSA) is 83.7 Å². The Morgan fingerprint density at radius 1 is 1.55 bits per heavy atom. The molecule has 20 heavy (non-hydrogen) atoms. The SMILES string of the molecule is CC1CN(C(=O)c2ccc([N+](=O)[O-])c(Cl)c2)CCC1O. The van der Waals surface area contributed by atoms with Crippen molar-refractivity contribution >= 4 is 23.2 Å². The Morgan fingerprint density at radius 2 is 2.25 bits per heavy atom. The van der Waals surface area contributed by atoms with Crippen LogP contribution in [0.3, 0.4) is 0 Å². The van der Waals surface area contributed by atoms with Crippen molar-refractivity contribution in [2.24, 2.45) is 5.92 Å². The molecule has 0 spiro atoms. The van der Waals surface area contributed by atoms with E-state index in [1.54, 1.807) is 4.90 Å². The highest BCUT2D eigenvalue weighted by Crippen LogP contribution is 2.26. The fourth-order valence-corrected chi connectivity index (χ4v) is 2.54. The van der Waals surface area contributed by atoms with Gasteiger partial charge in [0.05, 0.1) is 11.0 Å². The van der Waals surface area contributed by atoms with Gasteiger partial charge < -0.3 is 10.0 Å². The zero-order valence-electron chi connectivity index (χ0n) is 11.0. The molecule has 2 unspecified atom stereocenters. The largest absolute Gasteiger partial charge is 0.393 e. The fraction of sp³-hybridized carbons (Fsp3) is 0.462. The summed E-state index contributed by atoms with van der Waals surface area (Å²) in [5.41, 5.74) is 0.106. The summed E-state index contributed by atoms with van der Waals surface area (Å²) in [4.78, 5) is 24.0. The van der Waals surface area contributed by atoms with Crippen LogP contribution in [0.15, 0.2) is 18.2 Å². The van der Waals surface area contributed by atoms with Gasteiger partial charge in [-0.2, -0.15) is 0 Å². The Hall–Kier alpha value is -1.66. The number of carbonyl (C=O) groups excluding carboxylic acids is 1. The first-order valence-corrected chi connectivity index (χ1v) is 6.69. The molecule has 1 amide bonds. The van der Waals surface area contributed by atoms with Gasteiger partial charge in [-0.15, -0.1) is 0 Å². The van der Waals surface area contributed by atoms with Crippen molar-refractivity contribution in [2.75, 3.05) is 13.1 Å². The summed E-state index contributed by atoms with van der Waals surface area (Å²) in [5.74, 6) is -0.207. The molecule has 6 nitrogen and oxygen atoms in total. The Bertz CT molecular complexity index is 549. The molecule has 0 bridgehead atoms. The molecular formula is C13H15ClN2O4. The Labute approximate surface area is 121 Å². The predicted molar refractivity (Wildman–Crippen MR) is 73.8 cm³/mol. The van der Waals surface area contributed by atoms with E-state index in [1.807, 2.05) is 6.92 Å². The van der Waals surface area contributed by atoms with Gasteiger partial charge in [0.25, 0.3) is 11.6 Å². The van der Waals surface area contributed by atoms with Gasteiger partial charge in [0.2, 0.25) is 0 Å². The van der Waals surface area contributed by atoms with E-state index in [-0.39, 0.29) is 28.6 Å². The molecule has 1 aromatic rings. The summed E-state index contributed by atoms with van der Waals surface area (Å²) >= 11 is 5.81. The highest BCUT2D eigenvalue weighted by atomic mass is 35.5. The van der Waals surface area contributed by atoms with Gasteiger partial charge in [0.15, 0.2) is 0 Å². The van der Waals surface area contributed by atoms with Crippen molar-refractivity contribution in [3.8, 4) is 0 Å². The number of halogens is 1.